The first kappa shape index (κ1) is 21.1. The molecule has 0 aliphatic carbocycles. The fourth-order valence-corrected chi connectivity index (χ4v) is 1.99. The molecule has 6 nitrogen and oxygen atoms in total. The summed E-state index contributed by atoms with van der Waals surface area (Å²) in [6.07, 6.45) is 5.46. The van der Waals surface area contributed by atoms with Gasteiger partial charge in [-0.2, -0.15) is 4.98 Å². The van der Waals surface area contributed by atoms with E-state index in [-0.39, 0.29) is 24.0 Å². The standard InChI is InChI=1S/C15H29N5O.HI/c1-12(2)8-5-6-10-17-15(16-4)18-11-7-9-14-19-13(3)20-21-14;/h12H,5-11H2,1-4H3,(H2,16,17,18);1H. The first-order valence-electron chi connectivity index (χ1n) is 7.85. The molecule has 1 rings (SSSR count). The van der Waals surface area contributed by atoms with E-state index in [0.717, 1.165) is 37.8 Å². The van der Waals surface area contributed by atoms with Gasteiger partial charge in [0.15, 0.2) is 11.8 Å². The quantitative estimate of drug-likeness (QED) is 0.277. The summed E-state index contributed by atoms with van der Waals surface area (Å²) in [6, 6.07) is 0. The lowest BCUT2D eigenvalue weighted by Gasteiger charge is -2.11. The Labute approximate surface area is 150 Å². The van der Waals surface area contributed by atoms with Crippen LogP contribution in [0, 0.1) is 12.8 Å². The maximum Gasteiger partial charge on any atom is 0.226 e. The second kappa shape index (κ2) is 12.7. The van der Waals surface area contributed by atoms with Crippen molar-refractivity contribution in [2.24, 2.45) is 10.9 Å². The molecule has 0 radical (unpaired) electrons. The molecular weight excluding hydrogens is 393 g/mol. The Morgan fingerprint density at radius 1 is 1.18 bits per heavy atom. The fraction of sp³-hybridized carbons (Fsp3) is 0.800. The largest absolute Gasteiger partial charge is 0.356 e. The van der Waals surface area contributed by atoms with Gasteiger partial charge in [-0.3, -0.25) is 4.99 Å². The molecule has 0 fully saturated rings. The number of hydrogen-bond acceptors (Lipinski definition) is 4. The van der Waals surface area contributed by atoms with E-state index < -0.39 is 0 Å². The van der Waals surface area contributed by atoms with Gasteiger partial charge >= 0.3 is 0 Å². The van der Waals surface area contributed by atoms with E-state index in [1.807, 2.05) is 6.92 Å². The molecule has 0 saturated carbocycles. The summed E-state index contributed by atoms with van der Waals surface area (Å²) >= 11 is 0. The highest BCUT2D eigenvalue weighted by atomic mass is 127. The van der Waals surface area contributed by atoms with Crippen LogP contribution in [0.2, 0.25) is 0 Å². The third kappa shape index (κ3) is 9.97. The van der Waals surface area contributed by atoms with Crippen LogP contribution < -0.4 is 10.6 Å². The minimum atomic E-state index is 0. The van der Waals surface area contributed by atoms with Gasteiger partial charge in [-0.25, -0.2) is 0 Å². The molecule has 22 heavy (non-hydrogen) atoms. The van der Waals surface area contributed by atoms with E-state index in [2.05, 4.69) is 39.6 Å². The Morgan fingerprint density at radius 3 is 2.41 bits per heavy atom. The zero-order chi connectivity index (χ0) is 15.5. The van der Waals surface area contributed by atoms with Crippen molar-refractivity contribution in [3.05, 3.63) is 11.7 Å². The van der Waals surface area contributed by atoms with E-state index in [9.17, 15) is 0 Å². The average Bonchev–Trinajstić information content (AvgIpc) is 2.86. The van der Waals surface area contributed by atoms with E-state index in [1.165, 1.54) is 19.3 Å². The zero-order valence-corrected chi connectivity index (χ0v) is 16.5. The van der Waals surface area contributed by atoms with Crippen molar-refractivity contribution in [1.82, 2.24) is 20.8 Å². The molecule has 0 saturated heterocycles. The minimum absolute atomic E-state index is 0. The van der Waals surface area contributed by atoms with Crippen molar-refractivity contribution in [3.8, 4) is 0 Å². The number of aliphatic imine (C=N–C) groups is 1. The van der Waals surface area contributed by atoms with E-state index in [0.29, 0.717) is 11.7 Å². The molecule has 0 spiro atoms. The number of nitrogens with zero attached hydrogens (tertiary/aromatic N) is 3. The van der Waals surface area contributed by atoms with Gasteiger partial charge in [0.25, 0.3) is 0 Å². The van der Waals surface area contributed by atoms with E-state index in [1.54, 1.807) is 7.05 Å². The SMILES string of the molecule is CN=C(NCCCCC(C)C)NCCCc1nc(C)no1.I. The number of unbranched alkanes of at least 4 members (excludes halogenated alkanes) is 1. The molecule has 0 amide bonds. The molecule has 0 aliphatic rings. The number of halogens is 1. The Hall–Kier alpha value is -0.860. The van der Waals surface area contributed by atoms with Crippen molar-refractivity contribution in [2.45, 2.75) is 52.9 Å². The lowest BCUT2D eigenvalue weighted by atomic mass is 10.1. The number of guanidine groups is 1. The van der Waals surface area contributed by atoms with Gasteiger partial charge < -0.3 is 15.2 Å². The Kier molecular flexibility index (Phi) is 12.2. The van der Waals surface area contributed by atoms with Crippen LogP contribution in [0.5, 0.6) is 0 Å². The molecule has 0 bridgehead atoms. The first-order valence-corrected chi connectivity index (χ1v) is 7.85. The van der Waals surface area contributed by atoms with Gasteiger partial charge in [-0.15, -0.1) is 24.0 Å². The summed E-state index contributed by atoms with van der Waals surface area (Å²) in [5, 5.41) is 10.4. The highest BCUT2D eigenvalue weighted by Crippen LogP contribution is 2.05. The van der Waals surface area contributed by atoms with Crippen molar-refractivity contribution in [2.75, 3.05) is 20.1 Å². The number of rotatable bonds is 9. The normalized spacial score (nSPS) is 11.4. The lowest BCUT2D eigenvalue weighted by molar-refractivity contribution is 0.372. The zero-order valence-electron chi connectivity index (χ0n) is 14.2. The van der Waals surface area contributed by atoms with Gasteiger partial charge in [-0.05, 0) is 25.7 Å². The van der Waals surface area contributed by atoms with Crippen LogP contribution >= 0.6 is 24.0 Å². The number of aromatic nitrogens is 2. The number of aryl methyl sites for hydroxylation is 2. The molecule has 0 atom stereocenters. The van der Waals surface area contributed by atoms with Gasteiger partial charge in [0.1, 0.15) is 0 Å². The van der Waals surface area contributed by atoms with Gasteiger partial charge in [0.05, 0.1) is 0 Å². The summed E-state index contributed by atoms with van der Waals surface area (Å²) in [6.45, 7) is 8.16. The van der Waals surface area contributed by atoms with E-state index >= 15 is 0 Å². The van der Waals surface area contributed by atoms with Crippen LogP contribution in [0.25, 0.3) is 0 Å². The predicted octanol–water partition coefficient (Wildman–Crippen LogP) is 2.92. The molecule has 1 aromatic rings. The van der Waals surface area contributed by atoms with E-state index in [4.69, 9.17) is 4.52 Å². The highest BCUT2D eigenvalue weighted by Gasteiger charge is 2.02. The van der Waals surface area contributed by atoms with Gasteiger partial charge in [-0.1, -0.05) is 31.8 Å². The number of hydrogen-bond donors (Lipinski definition) is 2. The third-order valence-corrected chi connectivity index (χ3v) is 3.15. The summed E-state index contributed by atoms with van der Waals surface area (Å²) in [7, 11) is 1.80. The van der Waals surface area contributed by atoms with Crippen LogP contribution in [0.15, 0.2) is 9.52 Å². The Bertz CT molecular complexity index is 420. The van der Waals surface area contributed by atoms with Crippen LogP contribution in [0.4, 0.5) is 0 Å². The Balaban J connectivity index is 0.00000441. The predicted molar refractivity (Wildman–Crippen MR) is 101 cm³/mol. The fourth-order valence-electron chi connectivity index (χ4n) is 1.99. The molecule has 0 aliphatic heterocycles. The van der Waals surface area contributed by atoms with Gasteiger partial charge in [0.2, 0.25) is 5.89 Å². The van der Waals surface area contributed by atoms with Crippen LogP contribution in [0.3, 0.4) is 0 Å². The second-order valence-corrected chi connectivity index (χ2v) is 5.65. The topological polar surface area (TPSA) is 75.3 Å². The average molecular weight is 423 g/mol. The molecule has 0 aromatic carbocycles. The van der Waals surface area contributed by atoms with Crippen molar-refractivity contribution in [1.29, 1.82) is 0 Å². The molecule has 128 valence electrons. The molecular formula is C15H30IN5O. The monoisotopic (exact) mass is 423 g/mol. The van der Waals surface area contributed by atoms with Crippen LogP contribution in [-0.4, -0.2) is 36.2 Å². The Morgan fingerprint density at radius 2 is 1.86 bits per heavy atom. The smallest absolute Gasteiger partial charge is 0.226 e. The molecule has 2 N–H and O–H groups in total. The third-order valence-electron chi connectivity index (χ3n) is 3.15. The molecule has 1 aromatic heterocycles. The van der Waals surface area contributed by atoms with Crippen molar-refractivity contribution >= 4 is 29.9 Å². The molecule has 7 heteroatoms. The summed E-state index contributed by atoms with van der Waals surface area (Å²) in [5.74, 6) is 3.04. The first-order chi connectivity index (χ1) is 10.1. The second-order valence-electron chi connectivity index (χ2n) is 5.65. The van der Waals surface area contributed by atoms with Gasteiger partial charge in [0, 0.05) is 26.6 Å². The summed E-state index contributed by atoms with van der Waals surface area (Å²) in [4.78, 5) is 8.39. The highest BCUT2D eigenvalue weighted by molar-refractivity contribution is 14.0. The maximum absolute atomic E-state index is 5.07. The van der Waals surface area contributed by atoms with Crippen LogP contribution in [0.1, 0.15) is 51.2 Å². The molecule has 0 unspecified atom stereocenters. The van der Waals surface area contributed by atoms with Crippen molar-refractivity contribution in [3.63, 3.8) is 0 Å². The van der Waals surface area contributed by atoms with Crippen LogP contribution in [-0.2, 0) is 6.42 Å². The lowest BCUT2D eigenvalue weighted by Crippen LogP contribution is -2.38. The summed E-state index contributed by atoms with van der Waals surface area (Å²) in [5.41, 5.74) is 0. The maximum atomic E-state index is 5.07. The summed E-state index contributed by atoms with van der Waals surface area (Å²) < 4.78 is 5.07. The molecule has 1 heterocycles. The number of nitrogens with one attached hydrogen (secondary N) is 2. The van der Waals surface area contributed by atoms with Crippen molar-refractivity contribution < 1.29 is 4.52 Å². The minimum Gasteiger partial charge on any atom is -0.356 e.